The molecule has 3 rings (SSSR count). The zero-order valence-corrected chi connectivity index (χ0v) is 18.3. The summed E-state index contributed by atoms with van der Waals surface area (Å²) in [6.45, 7) is 4.61. The Kier molecular flexibility index (Phi) is 6.57. The van der Waals surface area contributed by atoms with Gasteiger partial charge in [-0.3, -0.25) is 9.10 Å². The second-order valence-electron chi connectivity index (χ2n) is 7.18. The van der Waals surface area contributed by atoms with Gasteiger partial charge in [0.05, 0.1) is 10.6 Å². The lowest BCUT2D eigenvalue weighted by atomic mass is 10.1. The van der Waals surface area contributed by atoms with Crippen LogP contribution in [0, 0.1) is 6.92 Å². The van der Waals surface area contributed by atoms with Gasteiger partial charge in [0.1, 0.15) is 0 Å². The summed E-state index contributed by atoms with van der Waals surface area (Å²) in [5.74, 6) is -0.115. The van der Waals surface area contributed by atoms with Gasteiger partial charge in [-0.05, 0) is 55.8 Å². The predicted molar refractivity (Wildman–Crippen MR) is 120 cm³/mol. The van der Waals surface area contributed by atoms with E-state index >= 15 is 0 Å². The Morgan fingerprint density at radius 1 is 0.867 bits per heavy atom. The van der Waals surface area contributed by atoms with Crippen molar-refractivity contribution < 1.29 is 13.2 Å². The highest BCUT2D eigenvalue weighted by Crippen LogP contribution is 2.24. The number of carbonyl (C=O) groups excluding carboxylic acids is 1. The molecule has 0 heterocycles. The summed E-state index contributed by atoms with van der Waals surface area (Å²) in [6.07, 6.45) is 0. The third kappa shape index (κ3) is 4.71. The molecule has 1 amide bonds. The van der Waals surface area contributed by atoms with Crippen molar-refractivity contribution in [3.8, 4) is 0 Å². The smallest absolute Gasteiger partial charge is 0.264 e. The maximum atomic E-state index is 13.0. The number of anilines is 1. The second kappa shape index (κ2) is 9.13. The van der Waals surface area contributed by atoms with Crippen LogP contribution in [0.1, 0.15) is 28.4 Å². The van der Waals surface area contributed by atoms with Gasteiger partial charge >= 0.3 is 0 Å². The molecule has 30 heavy (non-hydrogen) atoms. The van der Waals surface area contributed by atoms with Gasteiger partial charge in [0.25, 0.3) is 15.9 Å². The highest BCUT2D eigenvalue weighted by Gasteiger charge is 2.23. The van der Waals surface area contributed by atoms with Gasteiger partial charge in [0.2, 0.25) is 0 Å². The molecule has 0 aliphatic heterocycles. The maximum Gasteiger partial charge on any atom is 0.264 e. The summed E-state index contributed by atoms with van der Waals surface area (Å²) in [5, 5.41) is 0. The number of hydrogen-bond donors (Lipinski definition) is 0. The summed E-state index contributed by atoms with van der Waals surface area (Å²) in [4.78, 5) is 14.7. The van der Waals surface area contributed by atoms with E-state index in [4.69, 9.17) is 0 Å². The highest BCUT2D eigenvalue weighted by molar-refractivity contribution is 7.92. The van der Waals surface area contributed by atoms with E-state index in [1.165, 1.54) is 9.87 Å². The molecule has 0 saturated heterocycles. The lowest BCUT2D eigenvalue weighted by Gasteiger charge is -2.23. The Hall–Kier alpha value is -3.12. The van der Waals surface area contributed by atoms with Crippen molar-refractivity contribution in [1.82, 2.24) is 4.90 Å². The summed E-state index contributed by atoms with van der Waals surface area (Å²) >= 11 is 0. The minimum absolute atomic E-state index is 0.115. The number of amides is 1. The van der Waals surface area contributed by atoms with Gasteiger partial charge in [-0.15, -0.1) is 0 Å². The average molecular weight is 423 g/mol. The second-order valence-corrected chi connectivity index (χ2v) is 9.04. The molecule has 0 aliphatic rings. The number of benzene rings is 3. The highest BCUT2D eigenvalue weighted by atomic mass is 32.2. The fraction of sp³-hybridized carbons (Fsp3) is 0.208. The summed E-state index contributed by atoms with van der Waals surface area (Å²) in [6, 6.07) is 23.1. The monoisotopic (exact) mass is 422 g/mol. The Labute approximate surface area is 178 Å². The van der Waals surface area contributed by atoms with Crippen molar-refractivity contribution in [1.29, 1.82) is 0 Å². The maximum absolute atomic E-state index is 13.0. The Morgan fingerprint density at radius 2 is 1.47 bits per heavy atom. The van der Waals surface area contributed by atoms with E-state index in [0.717, 1.165) is 5.56 Å². The van der Waals surface area contributed by atoms with E-state index in [-0.39, 0.29) is 17.3 Å². The van der Waals surface area contributed by atoms with Crippen LogP contribution in [-0.4, -0.2) is 32.8 Å². The van der Waals surface area contributed by atoms with Crippen LogP contribution >= 0.6 is 0 Å². The van der Waals surface area contributed by atoms with Crippen LogP contribution in [0.3, 0.4) is 0 Å². The number of aryl methyl sites for hydroxylation is 1. The minimum Gasteiger partial charge on any atom is -0.337 e. The zero-order chi connectivity index (χ0) is 21.7. The van der Waals surface area contributed by atoms with E-state index in [1.807, 2.05) is 31.2 Å². The number of rotatable bonds is 7. The molecule has 0 unspecified atom stereocenters. The summed E-state index contributed by atoms with van der Waals surface area (Å²) in [5.41, 5.74) is 3.27. The molecule has 0 saturated carbocycles. The Balaban J connectivity index is 1.77. The van der Waals surface area contributed by atoms with Crippen molar-refractivity contribution >= 4 is 21.6 Å². The third-order valence-electron chi connectivity index (χ3n) is 4.91. The molecule has 0 atom stereocenters. The molecule has 0 aromatic heterocycles. The van der Waals surface area contributed by atoms with Crippen LogP contribution in [0.15, 0.2) is 83.8 Å². The quantitative estimate of drug-likeness (QED) is 0.564. The number of nitrogens with zero attached hydrogens (tertiary/aromatic N) is 2. The number of sulfonamides is 1. The molecule has 0 aliphatic carbocycles. The SMILES string of the molecule is CCN(c1ccc(C(=O)N(C)Cc2ccc(C)cc2)cc1)S(=O)(=O)c1ccccc1. The Morgan fingerprint density at radius 3 is 2.03 bits per heavy atom. The molecular formula is C24H26N2O3S. The lowest BCUT2D eigenvalue weighted by molar-refractivity contribution is 0.0785. The minimum atomic E-state index is -3.66. The molecular weight excluding hydrogens is 396 g/mol. The summed E-state index contributed by atoms with van der Waals surface area (Å²) < 4.78 is 27.3. The van der Waals surface area contributed by atoms with E-state index in [9.17, 15) is 13.2 Å². The van der Waals surface area contributed by atoms with Crippen LogP contribution in [0.4, 0.5) is 5.69 Å². The molecule has 0 fully saturated rings. The van der Waals surface area contributed by atoms with Gasteiger partial charge in [-0.2, -0.15) is 0 Å². The van der Waals surface area contributed by atoms with E-state index in [1.54, 1.807) is 73.5 Å². The zero-order valence-electron chi connectivity index (χ0n) is 17.4. The predicted octanol–water partition coefficient (Wildman–Crippen LogP) is 4.48. The van der Waals surface area contributed by atoms with Crippen LogP contribution in [0.5, 0.6) is 0 Å². The van der Waals surface area contributed by atoms with Crippen LogP contribution < -0.4 is 4.31 Å². The van der Waals surface area contributed by atoms with Crippen LogP contribution in [0.2, 0.25) is 0 Å². The molecule has 0 bridgehead atoms. The van der Waals surface area contributed by atoms with E-state index < -0.39 is 10.0 Å². The first-order valence-corrected chi connectivity index (χ1v) is 11.3. The fourth-order valence-electron chi connectivity index (χ4n) is 3.24. The average Bonchev–Trinajstić information content (AvgIpc) is 2.76. The lowest BCUT2D eigenvalue weighted by Crippen LogP contribution is -2.31. The molecule has 3 aromatic carbocycles. The van der Waals surface area contributed by atoms with Gasteiger partial charge in [-0.25, -0.2) is 8.42 Å². The van der Waals surface area contributed by atoms with Crippen molar-refractivity contribution in [2.24, 2.45) is 0 Å². The molecule has 0 N–H and O–H groups in total. The molecule has 0 radical (unpaired) electrons. The number of carbonyl (C=O) groups is 1. The van der Waals surface area contributed by atoms with Crippen molar-refractivity contribution in [3.05, 3.63) is 95.6 Å². The van der Waals surface area contributed by atoms with Gasteiger partial charge in [-0.1, -0.05) is 48.0 Å². The summed E-state index contributed by atoms with van der Waals surface area (Å²) in [7, 11) is -1.90. The standard InChI is InChI=1S/C24H26N2O3S/c1-4-26(30(28,29)23-8-6-5-7-9-23)22-16-14-21(15-17-22)24(27)25(3)18-20-12-10-19(2)11-13-20/h5-17H,4,18H2,1-3H3. The third-order valence-corrected chi connectivity index (χ3v) is 6.82. The first-order chi connectivity index (χ1) is 14.3. The molecule has 0 spiro atoms. The van der Waals surface area contributed by atoms with Crippen LogP contribution in [0.25, 0.3) is 0 Å². The molecule has 5 nitrogen and oxygen atoms in total. The van der Waals surface area contributed by atoms with E-state index in [0.29, 0.717) is 17.8 Å². The topological polar surface area (TPSA) is 57.7 Å². The van der Waals surface area contributed by atoms with Crippen molar-refractivity contribution in [2.45, 2.75) is 25.3 Å². The Bertz CT molecular complexity index is 1090. The fourth-order valence-corrected chi connectivity index (χ4v) is 4.74. The van der Waals surface area contributed by atoms with Gasteiger partial charge < -0.3 is 4.90 Å². The van der Waals surface area contributed by atoms with Gasteiger partial charge in [0.15, 0.2) is 0 Å². The first-order valence-electron chi connectivity index (χ1n) is 9.82. The largest absolute Gasteiger partial charge is 0.337 e. The van der Waals surface area contributed by atoms with Gasteiger partial charge in [0, 0.05) is 25.7 Å². The number of hydrogen-bond acceptors (Lipinski definition) is 3. The molecule has 6 heteroatoms. The normalized spacial score (nSPS) is 11.2. The van der Waals surface area contributed by atoms with Crippen LogP contribution in [-0.2, 0) is 16.6 Å². The molecule has 156 valence electrons. The first kappa shape index (κ1) is 21.6. The van der Waals surface area contributed by atoms with Crippen molar-refractivity contribution in [3.63, 3.8) is 0 Å². The molecule has 3 aromatic rings. The van der Waals surface area contributed by atoms with E-state index in [2.05, 4.69) is 0 Å². The van der Waals surface area contributed by atoms with Crippen molar-refractivity contribution in [2.75, 3.05) is 17.9 Å².